The maximum atomic E-state index is 10.8. The van der Waals surface area contributed by atoms with Crippen LogP contribution in [0.3, 0.4) is 0 Å². The summed E-state index contributed by atoms with van der Waals surface area (Å²) in [4.78, 5) is 10.4. The van der Waals surface area contributed by atoms with Crippen molar-refractivity contribution >= 4 is 5.69 Å². The second kappa shape index (κ2) is 7.68. The standard InChI is InChI=1S/C17H20N2O3/c1-2-13-6-8-15(9-7-13)17(12-20)18-11-14-4-3-5-16(10-14)19(21)22/h3-10,17-18,20H,2,11-12H2,1H3. The molecular formula is C17H20N2O3. The summed E-state index contributed by atoms with van der Waals surface area (Å²) in [6, 6.07) is 14.4. The number of rotatable bonds is 7. The molecule has 2 rings (SSSR count). The Balaban J connectivity index is 2.04. The van der Waals surface area contributed by atoms with Crippen LogP contribution >= 0.6 is 0 Å². The number of hydrogen-bond donors (Lipinski definition) is 2. The molecule has 0 fully saturated rings. The molecular weight excluding hydrogens is 280 g/mol. The van der Waals surface area contributed by atoms with Crippen LogP contribution in [0.15, 0.2) is 48.5 Å². The number of hydrogen-bond acceptors (Lipinski definition) is 4. The van der Waals surface area contributed by atoms with Crippen molar-refractivity contribution < 1.29 is 10.0 Å². The first-order valence-electron chi connectivity index (χ1n) is 7.30. The van der Waals surface area contributed by atoms with Crippen molar-refractivity contribution in [1.82, 2.24) is 5.32 Å². The lowest BCUT2D eigenvalue weighted by Crippen LogP contribution is -2.24. The molecule has 0 heterocycles. The Kier molecular flexibility index (Phi) is 5.63. The highest BCUT2D eigenvalue weighted by Gasteiger charge is 2.11. The van der Waals surface area contributed by atoms with E-state index in [0.29, 0.717) is 6.54 Å². The minimum atomic E-state index is -0.406. The largest absolute Gasteiger partial charge is 0.394 e. The van der Waals surface area contributed by atoms with Crippen LogP contribution in [0.4, 0.5) is 5.69 Å². The molecule has 0 aliphatic rings. The van der Waals surface area contributed by atoms with Crippen LogP contribution in [0.2, 0.25) is 0 Å². The monoisotopic (exact) mass is 300 g/mol. The van der Waals surface area contributed by atoms with Crippen LogP contribution in [0.5, 0.6) is 0 Å². The lowest BCUT2D eigenvalue weighted by Gasteiger charge is -2.17. The van der Waals surface area contributed by atoms with E-state index in [1.54, 1.807) is 12.1 Å². The van der Waals surface area contributed by atoms with Gasteiger partial charge in [-0.15, -0.1) is 0 Å². The SMILES string of the molecule is CCc1ccc(C(CO)NCc2cccc([N+](=O)[O-])c2)cc1. The molecule has 0 aliphatic carbocycles. The van der Waals surface area contributed by atoms with Gasteiger partial charge in [0.05, 0.1) is 17.6 Å². The molecule has 0 aliphatic heterocycles. The van der Waals surface area contributed by atoms with Crippen LogP contribution in [-0.2, 0) is 13.0 Å². The first kappa shape index (κ1) is 16.1. The van der Waals surface area contributed by atoms with E-state index < -0.39 is 4.92 Å². The lowest BCUT2D eigenvalue weighted by molar-refractivity contribution is -0.384. The minimum absolute atomic E-state index is 0.0274. The van der Waals surface area contributed by atoms with Crippen LogP contribution in [0, 0.1) is 10.1 Å². The molecule has 0 radical (unpaired) electrons. The third-order valence-electron chi connectivity index (χ3n) is 3.65. The van der Waals surface area contributed by atoms with Gasteiger partial charge in [-0.05, 0) is 23.1 Å². The molecule has 2 aromatic carbocycles. The van der Waals surface area contributed by atoms with Crippen molar-refractivity contribution in [2.45, 2.75) is 25.9 Å². The van der Waals surface area contributed by atoms with Crippen molar-refractivity contribution in [2.75, 3.05) is 6.61 Å². The minimum Gasteiger partial charge on any atom is -0.394 e. The number of nitrogens with one attached hydrogen (secondary N) is 1. The van der Waals surface area contributed by atoms with Crippen molar-refractivity contribution in [3.63, 3.8) is 0 Å². The molecule has 116 valence electrons. The number of aliphatic hydroxyl groups excluding tert-OH is 1. The average molecular weight is 300 g/mol. The molecule has 0 aromatic heterocycles. The number of benzene rings is 2. The van der Waals surface area contributed by atoms with Gasteiger partial charge in [0.1, 0.15) is 0 Å². The first-order valence-corrected chi connectivity index (χ1v) is 7.30. The fraction of sp³-hybridized carbons (Fsp3) is 0.294. The number of aryl methyl sites for hydroxylation is 1. The van der Waals surface area contributed by atoms with Gasteiger partial charge in [-0.1, -0.05) is 43.3 Å². The third-order valence-corrected chi connectivity index (χ3v) is 3.65. The van der Waals surface area contributed by atoms with E-state index >= 15 is 0 Å². The van der Waals surface area contributed by atoms with E-state index in [1.165, 1.54) is 11.6 Å². The summed E-state index contributed by atoms with van der Waals surface area (Å²) in [7, 11) is 0. The fourth-order valence-electron chi connectivity index (χ4n) is 2.29. The zero-order valence-electron chi connectivity index (χ0n) is 12.5. The Labute approximate surface area is 129 Å². The van der Waals surface area contributed by atoms with Gasteiger partial charge in [0.15, 0.2) is 0 Å². The fourth-order valence-corrected chi connectivity index (χ4v) is 2.29. The second-order valence-electron chi connectivity index (χ2n) is 5.14. The summed E-state index contributed by atoms with van der Waals surface area (Å²) in [6.45, 7) is 2.53. The van der Waals surface area contributed by atoms with Crippen molar-refractivity contribution in [1.29, 1.82) is 0 Å². The summed E-state index contributed by atoms with van der Waals surface area (Å²) >= 11 is 0. The molecule has 5 nitrogen and oxygen atoms in total. The zero-order chi connectivity index (χ0) is 15.9. The van der Waals surface area contributed by atoms with Gasteiger partial charge >= 0.3 is 0 Å². The van der Waals surface area contributed by atoms with E-state index in [-0.39, 0.29) is 18.3 Å². The number of non-ortho nitro benzene ring substituents is 1. The van der Waals surface area contributed by atoms with Crippen LogP contribution in [0.25, 0.3) is 0 Å². The van der Waals surface area contributed by atoms with Crippen LogP contribution in [-0.4, -0.2) is 16.6 Å². The predicted molar refractivity (Wildman–Crippen MR) is 85.6 cm³/mol. The summed E-state index contributed by atoms with van der Waals surface area (Å²) in [6.07, 6.45) is 0.977. The van der Waals surface area contributed by atoms with E-state index in [4.69, 9.17) is 0 Å². The van der Waals surface area contributed by atoms with Gasteiger partial charge in [-0.2, -0.15) is 0 Å². The van der Waals surface area contributed by atoms with Gasteiger partial charge in [0.2, 0.25) is 0 Å². The number of aliphatic hydroxyl groups is 1. The first-order chi connectivity index (χ1) is 10.6. The maximum absolute atomic E-state index is 10.8. The summed E-state index contributed by atoms with van der Waals surface area (Å²) in [5.41, 5.74) is 3.15. The van der Waals surface area contributed by atoms with E-state index in [1.807, 2.05) is 30.3 Å². The van der Waals surface area contributed by atoms with Gasteiger partial charge in [-0.25, -0.2) is 0 Å². The van der Waals surface area contributed by atoms with E-state index in [0.717, 1.165) is 17.5 Å². The van der Waals surface area contributed by atoms with Crippen molar-refractivity contribution in [3.05, 3.63) is 75.3 Å². The molecule has 0 spiro atoms. The highest BCUT2D eigenvalue weighted by atomic mass is 16.6. The molecule has 2 aromatic rings. The highest BCUT2D eigenvalue weighted by molar-refractivity contribution is 5.34. The Bertz CT molecular complexity index is 626. The van der Waals surface area contributed by atoms with Gasteiger partial charge < -0.3 is 10.4 Å². The molecule has 1 unspecified atom stereocenters. The molecule has 5 heteroatoms. The quantitative estimate of drug-likeness (QED) is 0.609. The van der Waals surface area contributed by atoms with Crippen LogP contribution in [0.1, 0.15) is 29.7 Å². The molecule has 0 saturated carbocycles. The number of nitro groups is 1. The molecule has 2 N–H and O–H groups in total. The smallest absolute Gasteiger partial charge is 0.269 e. The van der Waals surface area contributed by atoms with Crippen molar-refractivity contribution in [2.24, 2.45) is 0 Å². The zero-order valence-corrected chi connectivity index (χ0v) is 12.5. The summed E-state index contributed by atoms with van der Waals surface area (Å²) in [5.74, 6) is 0. The molecule has 0 saturated heterocycles. The summed E-state index contributed by atoms with van der Waals surface area (Å²) < 4.78 is 0. The van der Waals surface area contributed by atoms with Gasteiger partial charge in [0, 0.05) is 18.7 Å². The molecule has 1 atom stereocenters. The van der Waals surface area contributed by atoms with Crippen LogP contribution < -0.4 is 5.32 Å². The normalized spacial score (nSPS) is 12.1. The number of nitro benzene ring substituents is 1. The van der Waals surface area contributed by atoms with Gasteiger partial charge in [0.25, 0.3) is 5.69 Å². The highest BCUT2D eigenvalue weighted by Crippen LogP contribution is 2.17. The van der Waals surface area contributed by atoms with Crippen molar-refractivity contribution in [3.8, 4) is 0 Å². The Morgan fingerprint density at radius 3 is 2.50 bits per heavy atom. The Morgan fingerprint density at radius 1 is 1.18 bits per heavy atom. The Hall–Kier alpha value is -2.24. The molecule has 0 bridgehead atoms. The second-order valence-corrected chi connectivity index (χ2v) is 5.14. The average Bonchev–Trinajstić information content (AvgIpc) is 2.56. The third kappa shape index (κ3) is 4.13. The lowest BCUT2D eigenvalue weighted by atomic mass is 10.0. The summed E-state index contributed by atoms with van der Waals surface area (Å²) in [5, 5.41) is 23.6. The maximum Gasteiger partial charge on any atom is 0.269 e. The van der Waals surface area contributed by atoms with Gasteiger partial charge in [-0.3, -0.25) is 10.1 Å². The predicted octanol–water partition coefficient (Wildman–Crippen LogP) is 2.98. The Morgan fingerprint density at radius 2 is 1.91 bits per heavy atom. The molecule has 22 heavy (non-hydrogen) atoms. The molecule has 0 amide bonds. The topological polar surface area (TPSA) is 75.4 Å². The van der Waals surface area contributed by atoms with E-state index in [9.17, 15) is 15.2 Å². The van der Waals surface area contributed by atoms with E-state index in [2.05, 4.69) is 12.2 Å². The number of nitrogens with zero attached hydrogens (tertiary/aromatic N) is 1.